The number of carboxylic acid groups (broad SMARTS) is 1. The Morgan fingerprint density at radius 3 is 2.56 bits per heavy atom. The van der Waals surface area contributed by atoms with E-state index in [0.29, 0.717) is 11.6 Å². The number of unbranched alkanes of at least 4 members (excludes halogenated alkanes) is 1. The van der Waals surface area contributed by atoms with Crippen LogP contribution < -0.4 is 5.32 Å². The Bertz CT molecular complexity index is 337. The predicted octanol–water partition coefficient (Wildman–Crippen LogP) is 2.86. The van der Waals surface area contributed by atoms with Crippen LogP contribution in [0.15, 0.2) is 24.3 Å². The van der Waals surface area contributed by atoms with E-state index in [9.17, 15) is 4.79 Å². The highest BCUT2D eigenvalue weighted by molar-refractivity contribution is 6.30. The lowest BCUT2D eigenvalue weighted by Gasteiger charge is -2.14. The summed E-state index contributed by atoms with van der Waals surface area (Å²) in [6.45, 7) is 2.77. The topological polar surface area (TPSA) is 49.3 Å². The molecule has 4 heteroatoms. The van der Waals surface area contributed by atoms with Crippen LogP contribution in [-0.4, -0.2) is 17.6 Å². The van der Waals surface area contributed by atoms with Crippen LogP contribution in [0.4, 0.5) is 0 Å². The van der Waals surface area contributed by atoms with Gasteiger partial charge in [0.15, 0.2) is 0 Å². The lowest BCUT2D eigenvalue weighted by atomic mass is 10.1. The molecule has 1 aromatic carbocycles. The predicted molar refractivity (Wildman–Crippen MR) is 64.7 cm³/mol. The molecule has 0 fully saturated rings. The van der Waals surface area contributed by atoms with Crippen molar-refractivity contribution in [3.05, 3.63) is 34.9 Å². The first kappa shape index (κ1) is 13.0. The summed E-state index contributed by atoms with van der Waals surface area (Å²) in [4.78, 5) is 11.1. The molecule has 0 bridgehead atoms. The molecular weight excluding hydrogens is 226 g/mol. The quantitative estimate of drug-likeness (QED) is 0.753. The maximum atomic E-state index is 11.1. The number of carboxylic acids is 1. The molecule has 0 spiro atoms. The van der Waals surface area contributed by atoms with Crippen molar-refractivity contribution in [2.75, 3.05) is 6.54 Å². The van der Waals surface area contributed by atoms with E-state index in [0.717, 1.165) is 18.4 Å². The van der Waals surface area contributed by atoms with Gasteiger partial charge in [-0.2, -0.15) is 0 Å². The molecule has 88 valence electrons. The van der Waals surface area contributed by atoms with Gasteiger partial charge in [0.1, 0.15) is 6.04 Å². The first-order valence-corrected chi connectivity index (χ1v) is 5.74. The Kier molecular flexibility index (Phi) is 5.29. The second-order valence-corrected chi connectivity index (χ2v) is 4.07. The minimum absolute atomic E-state index is 0.612. The van der Waals surface area contributed by atoms with Gasteiger partial charge in [0, 0.05) is 5.02 Å². The fourth-order valence-electron chi connectivity index (χ4n) is 1.43. The summed E-state index contributed by atoms with van der Waals surface area (Å²) in [5.74, 6) is -0.863. The van der Waals surface area contributed by atoms with Crippen molar-refractivity contribution >= 4 is 17.6 Å². The van der Waals surface area contributed by atoms with Crippen LogP contribution in [0.5, 0.6) is 0 Å². The van der Waals surface area contributed by atoms with Crippen LogP contribution in [0.2, 0.25) is 5.02 Å². The first-order valence-electron chi connectivity index (χ1n) is 5.36. The van der Waals surface area contributed by atoms with Crippen LogP contribution in [0.25, 0.3) is 0 Å². The molecule has 2 N–H and O–H groups in total. The molecule has 1 rings (SSSR count). The monoisotopic (exact) mass is 241 g/mol. The number of benzene rings is 1. The van der Waals surface area contributed by atoms with Crippen molar-refractivity contribution in [2.24, 2.45) is 0 Å². The number of aliphatic carboxylic acids is 1. The largest absolute Gasteiger partial charge is 0.480 e. The van der Waals surface area contributed by atoms with E-state index in [1.54, 1.807) is 24.3 Å². The molecule has 0 saturated carbocycles. The third-order valence-corrected chi connectivity index (χ3v) is 2.58. The van der Waals surface area contributed by atoms with Crippen LogP contribution >= 0.6 is 11.6 Å². The van der Waals surface area contributed by atoms with Crippen molar-refractivity contribution in [1.82, 2.24) is 5.32 Å². The van der Waals surface area contributed by atoms with Gasteiger partial charge in [-0.1, -0.05) is 37.1 Å². The van der Waals surface area contributed by atoms with E-state index in [2.05, 4.69) is 12.2 Å². The maximum absolute atomic E-state index is 11.1. The van der Waals surface area contributed by atoms with Crippen molar-refractivity contribution in [3.63, 3.8) is 0 Å². The van der Waals surface area contributed by atoms with Crippen LogP contribution in [0, 0.1) is 0 Å². The average Bonchev–Trinajstić information content (AvgIpc) is 2.26. The molecule has 1 unspecified atom stereocenters. The average molecular weight is 242 g/mol. The normalized spacial score (nSPS) is 12.4. The Morgan fingerprint density at radius 1 is 1.44 bits per heavy atom. The third kappa shape index (κ3) is 3.83. The van der Waals surface area contributed by atoms with Gasteiger partial charge in [-0.05, 0) is 30.7 Å². The summed E-state index contributed by atoms with van der Waals surface area (Å²) in [5, 5.41) is 12.7. The van der Waals surface area contributed by atoms with Gasteiger partial charge < -0.3 is 10.4 Å². The summed E-state index contributed by atoms with van der Waals surface area (Å²) >= 11 is 5.75. The van der Waals surface area contributed by atoms with E-state index in [4.69, 9.17) is 16.7 Å². The van der Waals surface area contributed by atoms with Gasteiger partial charge in [-0.15, -0.1) is 0 Å². The molecule has 0 saturated heterocycles. The molecule has 1 aromatic rings. The standard InChI is InChI=1S/C12H16ClNO2/c1-2-3-8-14-11(12(15)16)9-4-6-10(13)7-5-9/h4-7,11,14H,2-3,8H2,1H3,(H,15,16). The van der Waals surface area contributed by atoms with Crippen molar-refractivity contribution in [2.45, 2.75) is 25.8 Å². The second-order valence-electron chi connectivity index (χ2n) is 3.63. The molecule has 0 heterocycles. The fourth-order valence-corrected chi connectivity index (χ4v) is 1.55. The number of rotatable bonds is 6. The molecule has 0 radical (unpaired) electrons. The molecule has 3 nitrogen and oxygen atoms in total. The van der Waals surface area contributed by atoms with Gasteiger partial charge in [0.25, 0.3) is 0 Å². The molecular formula is C12H16ClNO2. The smallest absolute Gasteiger partial charge is 0.325 e. The number of halogens is 1. The van der Waals surface area contributed by atoms with Crippen molar-refractivity contribution < 1.29 is 9.90 Å². The van der Waals surface area contributed by atoms with Gasteiger partial charge in [-0.3, -0.25) is 4.79 Å². The highest BCUT2D eigenvalue weighted by Crippen LogP contribution is 2.16. The fraction of sp³-hybridized carbons (Fsp3) is 0.417. The zero-order valence-electron chi connectivity index (χ0n) is 9.24. The highest BCUT2D eigenvalue weighted by atomic mass is 35.5. The van der Waals surface area contributed by atoms with Gasteiger partial charge in [0.05, 0.1) is 0 Å². The van der Waals surface area contributed by atoms with Gasteiger partial charge >= 0.3 is 5.97 Å². The van der Waals surface area contributed by atoms with Crippen LogP contribution in [0.3, 0.4) is 0 Å². The molecule has 0 amide bonds. The lowest BCUT2D eigenvalue weighted by molar-refractivity contribution is -0.139. The second kappa shape index (κ2) is 6.51. The van der Waals surface area contributed by atoms with Crippen LogP contribution in [0.1, 0.15) is 31.4 Å². The molecule has 0 aliphatic rings. The lowest BCUT2D eigenvalue weighted by Crippen LogP contribution is -2.29. The molecule has 1 atom stereocenters. The third-order valence-electron chi connectivity index (χ3n) is 2.33. The zero-order valence-corrected chi connectivity index (χ0v) is 10.00. The molecule has 16 heavy (non-hydrogen) atoms. The maximum Gasteiger partial charge on any atom is 0.325 e. The SMILES string of the molecule is CCCCNC(C(=O)O)c1ccc(Cl)cc1. The highest BCUT2D eigenvalue weighted by Gasteiger charge is 2.18. The Balaban J connectivity index is 2.69. The zero-order chi connectivity index (χ0) is 12.0. The number of hydrogen-bond acceptors (Lipinski definition) is 2. The minimum atomic E-state index is -0.863. The molecule has 0 aromatic heterocycles. The van der Waals surface area contributed by atoms with Gasteiger partial charge in [0.2, 0.25) is 0 Å². The van der Waals surface area contributed by atoms with Gasteiger partial charge in [-0.25, -0.2) is 0 Å². The summed E-state index contributed by atoms with van der Waals surface area (Å²) in [6.07, 6.45) is 2.01. The van der Waals surface area contributed by atoms with E-state index >= 15 is 0 Å². The number of hydrogen-bond donors (Lipinski definition) is 2. The van der Waals surface area contributed by atoms with E-state index in [1.165, 1.54) is 0 Å². The van der Waals surface area contributed by atoms with Crippen molar-refractivity contribution in [1.29, 1.82) is 0 Å². The Morgan fingerprint density at radius 2 is 2.06 bits per heavy atom. The minimum Gasteiger partial charge on any atom is -0.480 e. The van der Waals surface area contributed by atoms with E-state index < -0.39 is 12.0 Å². The summed E-state index contributed by atoms with van der Waals surface area (Å²) in [5.41, 5.74) is 0.730. The van der Waals surface area contributed by atoms with E-state index in [1.807, 2.05) is 0 Å². The molecule has 0 aliphatic carbocycles. The summed E-state index contributed by atoms with van der Waals surface area (Å²) < 4.78 is 0. The Hall–Kier alpha value is -1.06. The number of carbonyl (C=O) groups is 1. The van der Waals surface area contributed by atoms with Crippen LogP contribution in [-0.2, 0) is 4.79 Å². The molecule has 0 aliphatic heterocycles. The summed E-state index contributed by atoms with van der Waals surface area (Å²) in [6, 6.07) is 6.23. The van der Waals surface area contributed by atoms with E-state index in [-0.39, 0.29) is 0 Å². The first-order chi connectivity index (χ1) is 7.65. The summed E-state index contributed by atoms with van der Waals surface area (Å²) in [7, 11) is 0. The van der Waals surface area contributed by atoms with Crippen molar-refractivity contribution in [3.8, 4) is 0 Å². The number of nitrogens with one attached hydrogen (secondary N) is 1. The Labute approximate surface area is 100 Å².